The van der Waals surface area contributed by atoms with Crippen molar-refractivity contribution in [3.05, 3.63) is 22.3 Å². The molecule has 0 aliphatic carbocycles. The predicted octanol–water partition coefficient (Wildman–Crippen LogP) is 3.33. The fraction of sp³-hybridized carbons (Fsp3) is 0.615. The normalized spacial score (nSPS) is 13.5. The minimum Gasteiger partial charge on any atom is -0.366 e. The molecular formula is C13H22BrN3. The van der Waals surface area contributed by atoms with E-state index in [0.29, 0.717) is 12.6 Å². The first-order chi connectivity index (χ1) is 7.86. The molecular weight excluding hydrogens is 278 g/mol. The second kappa shape index (κ2) is 5.83. The summed E-state index contributed by atoms with van der Waals surface area (Å²) in [5, 5.41) is 3.49. The molecule has 4 heteroatoms. The molecule has 96 valence electrons. The molecule has 3 nitrogen and oxygen atoms in total. The molecule has 0 aliphatic heterocycles. The Morgan fingerprint density at radius 1 is 1.47 bits per heavy atom. The van der Waals surface area contributed by atoms with E-state index in [9.17, 15) is 0 Å². The number of nitrogens with zero attached hydrogens (tertiary/aromatic N) is 1. The van der Waals surface area contributed by atoms with Crippen LogP contribution in [0.2, 0.25) is 0 Å². The van der Waals surface area contributed by atoms with E-state index in [4.69, 9.17) is 5.73 Å². The zero-order valence-electron chi connectivity index (χ0n) is 11.0. The van der Waals surface area contributed by atoms with Gasteiger partial charge in [-0.3, -0.25) is 0 Å². The van der Waals surface area contributed by atoms with E-state index in [1.807, 2.05) is 12.3 Å². The Morgan fingerprint density at radius 3 is 2.65 bits per heavy atom. The summed E-state index contributed by atoms with van der Waals surface area (Å²) in [6.45, 7) is 9.38. The summed E-state index contributed by atoms with van der Waals surface area (Å²) in [5.74, 6) is 0.901. The molecule has 0 aromatic carbocycles. The van der Waals surface area contributed by atoms with Crippen LogP contribution in [0.1, 0.15) is 32.8 Å². The average molecular weight is 300 g/mol. The van der Waals surface area contributed by atoms with Crippen LogP contribution >= 0.6 is 15.9 Å². The summed E-state index contributed by atoms with van der Waals surface area (Å²) in [6.07, 6.45) is 2.76. The van der Waals surface area contributed by atoms with Gasteiger partial charge in [-0.05, 0) is 52.9 Å². The molecule has 0 saturated heterocycles. The second-order valence-corrected chi connectivity index (χ2v) is 6.22. The summed E-state index contributed by atoms with van der Waals surface area (Å²) < 4.78 is 1.03. The average Bonchev–Trinajstić information content (AvgIpc) is 2.22. The largest absolute Gasteiger partial charge is 0.366 e. The summed E-state index contributed by atoms with van der Waals surface area (Å²) in [7, 11) is 0. The van der Waals surface area contributed by atoms with Crippen LogP contribution in [0.15, 0.2) is 16.7 Å². The minimum atomic E-state index is 0.157. The van der Waals surface area contributed by atoms with Gasteiger partial charge >= 0.3 is 0 Å². The molecule has 1 unspecified atom stereocenters. The highest BCUT2D eigenvalue weighted by atomic mass is 79.9. The molecule has 0 amide bonds. The van der Waals surface area contributed by atoms with Crippen LogP contribution in [0.25, 0.3) is 0 Å². The Balaban J connectivity index is 2.90. The molecule has 0 radical (unpaired) electrons. The molecule has 0 bridgehead atoms. The van der Waals surface area contributed by atoms with Crippen molar-refractivity contribution < 1.29 is 0 Å². The number of nitrogens with two attached hydrogens (primary N) is 1. The number of anilines is 1. The minimum absolute atomic E-state index is 0.157. The maximum atomic E-state index is 5.68. The van der Waals surface area contributed by atoms with Gasteiger partial charge in [0.25, 0.3) is 0 Å². The number of nitrogens with one attached hydrogen (secondary N) is 1. The summed E-state index contributed by atoms with van der Waals surface area (Å²) in [6, 6.07) is 2.31. The van der Waals surface area contributed by atoms with Crippen LogP contribution < -0.4 is 11.1 Å². The maximum Gasteiger partial charge on any atom is 0.140 e. The number of halogens is 1. The summed E-state index contributed by atoms with van der Waals surface area (Å²) >= 11 is 3.57. The van der Waals surface area contributed by atoms with Crippen LogP contribution in [0.5, 0.6) is 0 Å². The Labute approximate surface area is 112 Å². The van der Waals surface area contributed by atoms with E-state index >= 15 is 0 Å². The van der Waals surface area contributed by atoms with E-state index in [-0.39, 0.29) is 5.41 Å². The maximum absolute atomic E-state index is 5.68. The Hall–Kier alpha value is -0.610. The molecule has 17 heavy (non-hydrogen) atoms. The van der Waals surface area contributed by atoms with Gasteiger partial charge in [-0.15, -0.1) is 0 Å². The molecule has 1 heterocycles. The van der Waals surface area contributed by atoms with Crippen LogP contribution in [0, 0.1) is 12.3 Å². The lowest BCUT2D eigenvalue weighted by Crippen LogP contribution is -2.36. The molecule has 0 aliphatic rings. The van der Waals surface area contributed by atoms with Crippen LogP contribution in [0.3, 0.4) is 0 Å². The SMILES string of the molecule is Cc1ccnc(NC(CCN)C(C)(C)C)c1Br. The smallest absolute Gasteiger partial charge is 0.140 e. The van der Waals surface area contributed by atoms with E-state index in [2.05, 4.69) is 53.9 Å². The fourth-order valence-electron chi connectivity index (χ4n) is 1.69. The highest BCUT2D eigenvalue weighted by Crippen LogP contribution is 2.29. The van der Waals surface area contributed by atoms with Gasteiger partial charge in [0, 0.05) is 12.2 Å². The number of hydrogen-bond acceptors (Lipinski definition) is 3. The quantitative estimate of drug-likeness (QED) is 0.896. The summed E-state index contributed by atoms with van der Waals surface area (Å²) in [4.78, 5) is 4.38. The topological polar surface area (TPSA) is 50.9 Å². The van der Waals surface area contributed by atoms with E-state index in [0.717, 1.165) is 16.7 Å². The number of aryl methyl sites for hydroxylation is 1. The van der Waals surface area contributed by atoms with Crippen LogP contribution in [-0.2, 0) is 0 Å². The molecule has 1 aromatic heterocycles. The molecule has 0 saturated carbocycles. The third kappa shape index (κ3) is 3.96. The van der Waals surface area contributed by atoms with Crippen molar-refractivity contribution in [2.45, 2.75) is 40.2 Å². The standard InChI is InChI=1S/C13H22BrN3/c1-9-6-8-16-12(11(9)14)17-10(5-7-15)13(2,3)4/h6,8,10H,5,7,15H2,1-4H3,(H,16,17). The first-order valence-electron chi connectivity index (χ1n) is 5.94. The van der Waals surface area contributed by atoms with Gasteiger partial charge in [-0.25, -0.2) is 4.98 Å². The van der Waals surface area contributed by atoms with Crippen LogP contribution in [0.4, 0.5) is 5.82 Å². The molecule has 0 fully saturated rings. The summed E-state index contributed by atoms with van der Waals surface area (Å²) in [5.41, 5.74) is 7.02. The van der Waals surface area contributed by atoms with Gasteiger partial charge in [0.05, 0.1) is 4.47 Å². The van der Waals surface area contributed by atoms with Gasteiger partial charge in [-0.2, -0.15) is 0 Å². The van der Waals surface area contributed by atoms with Crippen molar-refractivity contribution in [2.24, 2.45) is 11.1 Å². The third-order valence-electron chi connectivity index (χ3n) is 2.89. The lowest BCUT2D eigenvalue weighted by molar-refractivity contribution is 0.328. The Bertz CT molecular complexity index is 371. The first-order valence-corrected chi connectivity index (χ1v) is 6.73. The van der Waals surface area contributed by atoms with Crippen molar-refractivity contribution in [3.63, 3.8) is 0 Å². The van der Waals surface area contributed by atoms with Gasteiger partial charge in [-0.1, -0.05) is 20.8 Å². The number of rotatable bonds is 4. The molecule has 3 N–H and O–H groups in total. The van der Waals surface area contributed by atoms with E-state index in [1.165, 1.54) is 5.56 Å². The monoisotopic (exact) mass is 299 g/mol. The van der Waals surface area contributed by atoms with Crippen LogP contribution in [-0.4, -0.2) is 17.6 Å². The Morgan fingerprint density at radius 2 is 2.12 bits per heavy atom. The lowest BCUT2D eigenvalue weighted by Gasteiger charge is -2.32. The van der Waals surface area contributed by atoms with Crippen molar-refractivity contribution in [2.75, 3.05) is 11.9 Å². The van der Waals surface area contributed by atoms with Crippen molar-refractivity contribution >= 4 is 21.7 Å². The number of pyridine rings is 1. The predicted molar refractivity (Wildman–Crippen MR) is 77.2 cm³/mol. The molecule has 1 atom stereocenters. The number of hydrogen-bond donors (Lipinski definition) is 2. The van der Waals surface area contributed by atoms with Crippen molar-refractivity contribution in [1.82, 2.24) is 4.98 Å². The molecule has 0 spiro atoms. The first kappa shape index (κ1) is 14.5. The van der Waals surface area contributed by atoms with E-state index in [1.54, 1.807) is 0 Å². The zero-order valence-corrected chi connectivity index (χ0v) is 12.6. The van der Waals surface area contributed by atoms with E-state index < -0.39 is 0 Å². The van der Waals surface area contributed by atoms with Gasteiger partial charge in [0.1, 0.15) is 5.82 Å². The zero-order chi connectivity index (χ0) is 13.1. The lowest BCUT2D eigenvalue weighted by atomic mass is 9.85. The van der Waals surface area contributed by atoms with Gasteiger partial charge in [0.15, 0.2) is 0 Å². The third-order valence-corrected chi connectivity index (χ3v) is 3.89. The van der Waals surface area contributed by atoms with Crippen molar-refractivity contribution in [1.29, 1.82) is 0 Å². The Kier molecular flexibility index (Phi) is 4.95. The van der Waals surface area contributed by atoms with Gasteiger partial charge in [0.2, 0.25) is 0 Å². The molecule has 1 rings (SSSR count). The number of aromatic nitrogens is 1. The second-order valence-electron chi connectivity index (χ2n) is 5.43. The highest BCUT2D eigenvalue weighted by Gasteiger charge is 2.24. The van der Waals surface area contributed by atoms with Gasteiger partial charge < -0.3 is 11.1 Å². The van der Waals surface area contributed by atoms with Crippen molar-refractivity contribution in [3.8, 4) is 0 Å². The molecule has 1 aromatic rings. The highest BCUT2D eigenvalue weighted by molar-refractivity contribution is 9.10. The fourth-order valence-corrected chi connectivity index (χ4v) is 2.04.